The normalized spacial score (nSPS) is 14.3. The predicted octanol–water partition coefficient (Wildman–Crippen LogP) is 4.04. The van der Waals surface area contributed by atoms with E-state index in [2.05, 4.69) is 0 Å². The SMILES string of the molecule is Cc1ccccc1C(C)(O)c1ccc(Cl)cc1F. The molecule has 0 aliphatic heterocycles. The lowest BCUT2D eigenvalue weighted by molar-refractivity contribution is 0.0973. The second-order valence-electron chi connectivity index (χ2n) is 4.51. The van der Waals surface area contributed by atoms with E-state index < -0.39 is 11.4 Å². The third-order valence-electron chi connectivity index (χ3n) is 3.13. The van der Waals surface area contributed by atoms with Crippen LogP contribution in [0.4, 0.5) is 4.39 Å². The van der Waals surface area contributed by atoms with E-state index in [1.165, 1.54) is 12.1 Å². The van der Waals surface area contributed by atoms with Crippen LogP contribution in [-0.4, -0.2) is 5.11 Å². The van der Waals surface area contributed by atoms with Crippen molar-refractivity contribution in [3.63, 3.8) is 0 Å². The molecule has 0 saturated carbocycles. The molecule has 0 fully saturated rings. The highest BCUT2D eigenvalue weighted by Gasteiger charge is 2.29. The zero-order valence-electron chi connectivity index (χ0n) is 10.2. The van der Waals surface area contributed by atoms with E-state index in [4.69, 9.17) is 11.6 Å². The van der Waals surface area contributed by atoms with Crippen molar-refractivity contribution in [1.29, 1.82) is 0 Å². The van der Waals surface area contributed by atoms with Gasteiger partial charge in [0.05, 0.1) is 0 Å². The van der Waals surface area contributed by atoms with Gasteiger partial charge in [0.1, 0.15) is 11.4 Å². The predicted molar refractivity (Wildman–Crippen MR) is 71.3 cm³/mol. The van der Waals surface area contributed by atoms with Crippen LogP contribution in [0.2, 0.25) is 5.02 Å². The molecule has 2 aromatic carbocycles. The molecule has 1 atom stereocenters. The van der Waals surface area contributed by atoms with Crippen molar-refractivity contribution in [2.24, 2.45) is 0 Å². The molecule has 0 aliphatic rings. The molecule has 0 aliphatic carbocycles. The van der Waals surface area contributed by atoms with Gasteiger partial charge in [-0.2, -0.15) is 0 Å². The topological polar surface area (TPSA) is 20.2 Å². The van der Waals surface area contributed by atoms with Gasteiger partial charge in [0.2, 0.25) is 0 Å². The van der Waals surface area contributed by atoms with Gasteiger partial charge in [-0.1, -0.05) is 41.9 Å². The lowest BCUT2D eigenvalue weighted by atomic mass is 9.85. The van der Waals surface area contributed by atoms with Crippen molar-refractivity contribution in [1.82, 2.24) is 0 Å². The first-order valence-corrected chi connectivity index (χ1v) is 6.04. The molecular formula is C15H14ClFO. The Morgan fingerprint density at radius 2 is 1.78 bits per heavy atom. The van der Waals surface area contributed by atoms with Gasteiger partial charge in [0.25, 0.3) is 0 Å². The lowest BCUT2D eigenvalue weighted by Crippen LogP contribution is -2.25. The number of hydrogen-bond donors (Lipinski definition) is 1. The Kier molecular flexibility index (Phi) is 3.42. The average molecular weight is 265 g/mol. The van der Waals surface area contributed by atoms with Crippen LogP contribution in [0, 0.1) is 12.7 Å². The summed E-state index contributed by atoms with van der Waals surface area (Å²) in [5.41, 5.74) is 0.448. The van der Waals surface area contributed by atoms with Crippen molar-refractivity contribution >= 4 is 11.6 Å². The molecule has 18 heavy (non-hydrogen) atoms. The van der Waals surface area contributed by atoms with Crippen LogP contribution in [-0.2, 0) is 5.60 Å². The third-order valence-corrected chi connectivity index (χ3v) is 3.36. The molecule has 1 N–H and O–H groups in total. The van der Waals surface area contributed by atoms with Crippen LogP contribution in [0.3, 0.4) is 0 Å². The maximum absolute atomic E-state index is 13.9. The van der Waals surface area contributed by atoms with E-state index in [0.29, 0.717) is 10.6 Å². The van der Waals surface area contributed by atoms with Gasteiger partial charge in [-0.15, -0.1) is 0 Å². The number of aliphatic hydroxyl groups is 1. The van der Waals surface area contributed by atoms with Crippen LogP contribution in [0.5, 0.6) is 0 Å². The Hall–Kier alpha value is -1.38. The van der Waals surface area contributed by atoms with E-state index >= 15 is 0 Å². The van der Waals surface area contributed by atoms with Crippen LogP contribution in [0.1, 0.15) is 23.6 Å². The second-order valence-corrected chi connectivity index (χ2v) is 4.95. The highest BCUT2D eigenvalue weighted by atomic mass is 35.5. The van der Waals surface area contributed by atoms with Crippen molar-refractivity contribution in [2.75, 3.05) is 0 Å². The van der Waals surface area contributed by atoms with Crippen LogP contribution in [0.15, 0.2) is 42.5 Å². The zero-order chi connectivity index (χ0) is 13.3. The minimum Gasteiger partial charge on any atom is -0.381 e. The Morgan fingerprint density at radius 1 is 1.11 bits per heavy atom. The molecule has 1 nitrogen and oxygen atoms in total. The van der Waals surface area contributed by atoms with Gasteiger partial charge in [-0.05, 0) is 37.1 Å². The summed E-state index contributed by atoms with van der Waals surface area (Å²) in [6, 6.07) is 11.7. The minimum atomic E-state index is -1.37. The zero-order valence-corrected chi connectivity index (χ0v) is 11.0. The maximum Gasteiger partial charge on any atom is 0.131 e. The molecule has 2 rings (SSSR count). The van der Waals surface area contributed by atoms with Gasteiger partial charge >= 0.3 is 0 Å². The van der Waals surface area contributed by atoms with Crippen LogP contribution in [0.25, 0.3) is 0 Å². The molecule has 0 bridgehead atoms. The molecule has 3 heteroatoms. The molecule has 0 spiro atoms. The van der Waals surface area contributed by atoms with Gasteiger partial charge in [-0.3, -0.25) is 0 Å². The molecule has 2 aromatic rings. The molecule has 0 heterocycles. The number of halogens is 2. The highest BCUT2D eigenvalue weighted by Crippen LogP contribution is 2.33. The molecule has 94 valence electrons. The van der Waals surface area contributed by atoms with E-state index in [9.17, 15) is 9.50 Å². The Morgan fingerprint density at radius 3 is 2.39 bits per heavy atom. The number of benzene rings is 2. The van der Waals surface area contributed by atoms with Gasteiger partial charge < -0.3 is 5.11 Å². The Labute approximate surface area is 111 Å². The minimum absolute atomic E-state index is 0.223. The van der Waals surface area contributed by atoms with Crippen molar-refractivity contribution in [3.8, 4) is 0 Å². The fourth-order valence-corrected chi connectivity index (χ4v) is 2.31. The van der Waals surface area contributed by atoms with E-state index in [1.54, 1.807) is 19.1 Å². The summed E-state index contributed by atoms with van der Waals surface area (Å²) in [6.07, 6.45) is 0. The lowest BCUT2D eigenvalue weighted by Gasteiger charge is -2.26. The van der Waals surface area contributed by atoms with Gasteiger partial charge in [0, 0.05) is 10.6 Å². The first kappa shape index (κ1) is 13.1. The van der Waals surface area contributed by atoms with Crippen molar-refractivity contribution in [3.05, 3.63) is 70.0 Å². The highest BCUT2D eigenvalue weighted by molar-refractivity contribution is 6.30. The monoisotopic (exact) mass is 264 g/mol. The average Bonchev–Trinajstić information content (AvgIpc) is 2.28. The summed E-state index contributed by atoms with van der Waals surface area (Å²) in [5.74, 6) is -0.504. The molecule has 0 amide bonds. The fraction of sp³-hybridized carbons (Fsp3) is 0.200. The second kappa shape index (κ2) is 4.71. The number of hydrogen-bond acceptors (Lipinski definition) is 1. The van der Waals surface area contributed by atoms with Gasteiger partial charge in [-0.25, -0.2) is 4.39 Å². The number of aryl methyl sites for hydroxylation is 1. The van der Waals surface area contributed by atoms with E-state index in [1.807, 2.05) is 25.1 Å². The smallest absolute Gasteiger partial charge is 0.131 e. The Bertz CT molecular complexity index is 578. The summed E-state index contributed by atoms with van der Waals surface area (Å²) in [6.45, 7) is 3.47. The van der Waals surface area contributed by atoms with Crippen LogP contribution >= 0.6 is 11.6 Å². The summed E-state index contributed by atoms with van der Waals surface area (Å²) in [5, 5.41) is 10.9. The molecule has 1 unspecified atom stereocenters. The van der Waals surface area contributed by atoms with Crippen molar-refractivity contribution in [2.45, 2.75) is 19.4 Å². The molecular weight excluding hydrogens is 251 g/mol. The summed E-state index contributed by atoms with van der Waals surface area (Å²) >= 11 is 5.72. The quantitative estimate of drug-likeness (QED) is 0.868. The van der Waals surface area contributed by atoms with E-state index in [-0.39, 0.29) is 5.56 Å². The van der Waals surface area contributed by atoms with Crippen LogP contribution < -0.4 is 0 Å². The standard InChI is InChI=1S/C15H14ClFO/c1-10-5-3-4-6-12(10)15(2,18)13-8-7-11(16)9-14(13)17/h3-9,18H,1-2H3. The number of rotatable bonds is 2. The van der Waals surface area contributed by atoms with E-state index in [0.717, 1.165) is 5.56 Å². The molecule has 0 aromatic heterocycles. The van der Waals surface area contributed by atoms with Gasteiger partial charge in [0.15, 0.2) is 0 Å². The summed E-state index contributed by atoms with van der Waals surface area (Å²) in [4.78, 5) is 0. The van der Waals surface area contributed by atoms with Crippen molar-refractivity contribution < 1.29 is 9.50 Å². The first-order chi connectivity index (χ1) is 8.43. The first-order valence-electron chi connectivity index (χ1n) is 5.67. The molecule has 0 radical (unpaired) electrons. The third kappa shape index (κ3) is 2.26. The summed E-state index contributed by atoms with van der Waals surface area (Å²) in [7, 11) is 0. The molecule has 0 saturated heterocycles. The largest absolute Gasteiger partial charge is 0.381 e. The maximum atomic E-state index is 13.9. The Balaban J connectivity index is 2.58. The fourth-order valence-electron chi connectivity index (χ4n) is 2.15. The summed E-state index contributed by atoms with van der Waals surface area (Å²) < 4.78 is 13.9.